The lowest BCUT2D eigenvalue weighted by atomic mass is 9.79. The van der Waals surface area contributed by atoms with Crippen molar-refractivity contribution in [3.05, 3.63) is 0 Å². The molecule has 0 amide bonds. The molecule has 2 unspecified atom stereocenters. The number of rotatable bonds is 5. The first-order valence-corrected chi connectivity index (χ1v) is 6.17. The van der Waals surface area contributed by atoms with Crippen LogP contribution in [0.2, 0.25) is 0 Å². The summed E-state index contributed by atoms with van der Waals surface area (Å²) in [4.78, 5) is 1.69. The average Bonchev–Trinajstić information content (AvgIpc) is 2.29. The first-order valence-electron chi connectivity index (χ1n) is 6.17. The van der Waals surface area contributed by atoms with Gasteiger partial charge < -0.3 is 0 Å². The molecule has 1 aliphatic carbocycles. The van der Waals surface area contributed by atoms with E-state index in [9.17, 15) is 14.0 Å². The molecule has 17 heavy (non-hydrogen) atoms. The summed E-state index contributed by atoms with van der Waals surface area (Å²) in [6, 6.07) is 2.41. The van der Waals surface area contributed by atoms with Crippen molar-refractivity contribution < 1.29 is 8.78 Å². The molecule has 0 spiro atoms. The highest BCUT2D eigenvalue weighted by atomic mass is 19.3. The lowest BCUT2D eigenvalue weighted by molar-refractivity contribution is 0.0601. The first kappa shape index (κ1) is 14.3. The zero-order chi connectivity index (χ0) is 12.9. The third-order valence-electron chi connectivity index (χ3n) is 3.50. The maximum absolute atomic E-state index is 12.3. The molecular weight excluding hydrogens is 224 g/mol. The van der Waals surface area contributed by atoms with Gasteiger partial charge in [-0.05, 0) is 39.3 Å². The van der Waals surface area contributed by atoms with Crippen LogP contribution in [0.1, 0.15) is 32.6 Å². The molecule has 98 valence electrons. The summed E-state index contributed by atoms with van der Waals surface area (Å²) in [5.41, 5.74) is -0.520. The summed E-state index contributed by atoms with van der Waals surface area (Å²) in [6.07, 6.45) is 0.964. The molecule has 2 atom stereocenters. The van der Waals surface area contributed by atoms with Gasteiger partial charge in [0.25, 0.3) is 6.43 Å². The van der Waals surface area contributed by atoms with E-state index in [0.717, 1.165) is 25.8 Å². The van der Waals surface area contributed by atoms with Crippen LogP contribution >= 0.6 is 0 Å². The van der Waals surface area contributed by atoms with E-state index in [4.69, 9.17) is 0 Å². The van der Waals surface area contributed by atoms with E-state index in [1.807, 2.05) is 6.92 Å². The monoisotopic (exact) mass is 245 g/mol. The molecule has 0 aliphatic heterocycles. The quantitative estimate of drug-likeness (QED) is 0.805. The second kappa shape index (κ2) is 6.27. The molecule has 1 rings (SSSR count). The lowest BCUT2D eigenvalue weighted by Crippen LogP contribution is -2.52. The molecule has 0 saturated heterocycles. The molecule has 5 heteroatoms. The maximum Gasteiger partial charge on any atom is 0.251 e. The summed E-state index contributed by atoms with van der Waals surface area (Å²) < 4.78 is 24.7. The summed E-state index contributed by atoms with van der Waals surface area (Å²) >= 11 is 0. The van der Waals surface area contributed by atoms with Crippen molar-refractivity contribution >= 4 is 0 Å². The van der Waals surface area contributed by atoms with Gasteiger partial charge in [-0.2, -0.15) is 5.26 Å². The molecule has 0 heterocycles. The molecular formula is C12H21F2N3. The molecule has 1 N–H and O–H groups in total. The van der Waals surface area contributed by atoms with E-state index in [1.54, 1.807) is 11.9 Å². The smallest absolute Gasteiger partial charge is 0.251 e. The molecule has 1 aliphatic rings. The minimum atomic E-state index is -2.31. The van der Waals surface area contributed by atoms with Crippen molar-refractivity contribution in [1.82, 2.24) is 10.2 Å². The van der Waals surface area contributed by atoms with Crippen LogP contribution in [0, 0.1) is 11.3 Å². The SMILES string of the molecule is CCNC1(C#N)CCCC(N(C)CC(F)F)C1. The fourth-order valence-corrected chi connectivity index (χ4v) is 2.63. The van der Waals surface area contributed by atoms with Crippen LogP contribution in [-0.4, -0.2) is 43.0 Å². The topological polar surface area (TPSA) is 39.1 Å². The zero-order valence-corrected chi connectivity index (χ0v) is 10.5. The third-order valence-corrected chi connectivity index (χ3v) is 3.50. The Morgan fingerprint density at radius 1 is 1.59 bits per heavy atom. The fraction of sp³-hybridized carbons (Fsp3) is 0.917. The van der Waals surface area contributed by atoms with Crippen molar-refractivity contribution in [1.29, 1.82) is 5.26 Å². The number of nitriles is 1. The van der Waals surface area contributed by atoms with Crippen LogP contribution in [0.15, 0.2) is 0 Å². The third kappa shape index (κ3) is 3.90. The van der Waals surface area contributed by atoms with E-state index >= 15 is 0 Å². The highest BCUT2D eigenvalue weighted by molar-refractivity contribution is 5.10. The van der Waals surface area contributed by atoms with E-state index in [-0.39, 0.29) is 12.6 Å². The van der Waals surface area contributed by atoms with Crippen molar-refractivity contribution in [3.63, 3.8) is 0 Å². The lowest BCUT2D eigenvalue weighted by Gasteiger charge is -2.40. The van der Waals surface area contributed by atoms with Gasteiger partial charge in [0.1, 0.15) is 5.54 Å². The van der Waals surface area contributed by atoms with E-state index < -0.39 is 12.0 Å². The fourth-order valence-electron chi connectivity index (χ4n) is 2.63. The number of halogens is 2. The van der Waals surface area contributed by atoms with E-state index in [1.165, 1.54) is 0 Å². The van der Waals surface area contributed by atoms with Crippen molar-refractivity contribution in [2.75, 3.05) is 20.1 Å². The van der Waals surface area contributed by atoms with Crippen LogP contribution in [0.5, 0.6) is 0 Å². The zero-order valence-electron chi connectivity index (χ0n) is 10.5. The molecule has 1 fully saturated rings. The molecule has 1 saturated carbocycles. The number of nitrogens with one attached hydrogen (secondary N) is 1. The summed E-state index contributed by atoms with van der Waals surface area (Å²) in [7, 11) is 1.72. The number of hydrogen-bond acceptors (Lipinski definition) is 3. The Morgan fingerprint density at radius 2 is 2.29 bits per heavy atom. The second-order valence-electron chi connectivity index (χ2n) is 4.81. The van der Waals surface area contributed by atoms with Gasteiger partial charge in [0.2, 0.25) is 0 Å². The van der Waals surface area contributed by atoms with Gasteiger partial charge in [0.05, 0.1) is 12.6 Å². The van der Waals surface area contributed by atoms with Gasteiger partial charge in [0.15, 0.2) is 0 Å². The van der Waals surface area contributed by atoms with E-state index in [2.05, 4.69) is 11.4 Å². The van der Waals surface area contributed by atoms with Gasteiger partial charge in [-0.1, -0.05) is 6.92 Å². The Balaban J connectivity index is 2.62. The summed E-state index contributed by atoms with van der Waals surface area (Å²) in [5, 5.41) is 12.5. The molecule has 0 radical (unpaired) electrons. The number of nitrogens with zero attached hydrogens (tertiary/aromatic N) is 2. The Kier molecular flexibility index (Phi) is 5.29. The van der Waals surface area contributed by atoms with Gasteiger partial charge >= 0.3 is 0 Å². The second-order valence-corrected chi connectivity index (χ2v) is 4.81. The molecule has 0 aromatic carbocycles. The largest absolute Gasteiger partial charge is 0.300 e. The Hall–Kier alpha value is -0.730. The normalized spacial score (nSPS) is 29.6. The number of hydrogen-bond donors (Lipinski definition) is 1. The van der Waals surface area contributed by atoms with Crippen LogP contribution in [0.25, 0.3) is 0 Å². The Morgan fingerprint density at radius 3 is 2.82 bits per heavy atom. The minimum Gasteiger partial charge on any atom is -0.300 e. The van der Waals surface area contributed by atoms with E-state index in [0.29, 0.717) is 6.42 Å². The Bertz CT molecular complexity index is 273. The van der Waals surface area contributed by atoms with Crippen molar-refractivity contribution in [3.8, 4) is 6.07 Å². The predicted octanol–water partition coefficient (Wildman–Crippen LogP) is 2.00. The first-order chi connectivity index (χ1) is 8.03. The summed E-state index contributed by atoms with van der Waals surface area (Å²) in [6.45, 7) is 2.49. The molecule has 0 bridgehead atoms. The van der Waals surface area contributed by atoms with Gasteiger partial charge in [-0.25, -0.2) is 8.78 Å². The molecule has 0 aromatic rings. The summed E-state index contributed by atoms with van der Waals surface area (Å²) in [5.74, 6) is 0. The van der Waals surface area contributed by atoms with Gasteiger partial charge in [-0.3, -0.25) is 10.2 Å². The number of alkyl halides is 2. The highest BCUT2D eigenvalue weighted by Crippen LogP contribution is 2.30. The van der Waals surface area contributed by atoms with Crippen LogP contribution in [0.4, 0.5) is 8.78 Å². The highest BCUT2D eigenvalue weighted by Gasteiger charge is 2.37. The molecule has 0 aromatic heterocycles. The van der Waals surface area contributed by atoms with Gasteiger partial charge in [0, 0.05) is 6.04 Å². The maximum atomic E-state index is 12.3. The molecule has 3 nitrogen and oxygen atoms in total. The van der Waals surface area contributed by atoms with Gasteiger partial charge in [-0.15, -0.1) is 0 Å². The average molecular weight is 245 g/mol. The van der Waals surface area contributed by atoms with Crippen LogP contribution < -0.4 is 5.32 Å². The van der Waals surface area contributed by atoms with Crippen molar-refractivity contribution in [2.24, 2.45) is 0 Å². The minimum absolute atomic E-state index is 0.0800. The predicted molar refractivity (Wildman–Crippen MR) is 62.9 cm³/mol. The van der Waals surface area contributed by atoms with Crippen molar-refractivity contribution in [2.45, 2.75) is 50.6 Å². The Labute approximate surface area is 102 Å². The van der Waals surface area contributed by atoms with Crippen LogP contribution in [0.3, 0.4) is 0 Å². The van der Waals surface area contributed by atoms with Crippen LogP contribution in [-0.2, 0) is 0 Å². The standard InChI is InChI=1S/C12H21F2N3/c1-3-16-12(9-15)6-4-5-10(7-12)17(2)8-11(13)14/h10-11,16H,3-8H2,1-2H3.